The number of carbonyl (C=O) groups is 2. The fraction of sp³-hybridized carbons (Fsp3) is 0.409. The molecule has 1 aromatic carbocycles. The zero-order valence-electron chi connectivity index (χ0n) is 16.8. The molecule has 2 atom stereocenters. The zero-order valence-corrected chi connectivity index (χ0v) is 16.8. The molecule has 2 aliphatic rings. The van der Waals surface area contributed by atoms with Crippen molar-refractivity contribution in [2.24, 2.45) is 0 Å². The number of amides is 3. The molecule has 0 saturated carbocycles. The van der Waals surface area contributed by atoms with Gasteiger partial charge in [-0.2, -0.15) is 0 Å². The zero-order chi connectivity index (χ0) is 20.4. The molecular formula is C22H26N4O3. The smallest absolute Gasteiger partial charge is 0.323 e. The molecule has 1 fully saturated rings. The summed E-state index contributed by atoms with van der Waals surface area (Å²) in [5.41, 5.74) is 2.79. The number of urea groups is 1. The molecule has 3 heterocycles. The van der Waals surface area contributed by atoms with Crippen molar-refractivity contribution in [2.45, 2.75) is 24.4 Å². The summed E-state index contributed by atoms with van der Waals surface area (Å²) in [6.45, 7) is 1.52. The van der Waals surface area contributed by atoms with E-state index in [1.54, 1.807) is 36.3 Å². The van der Waals surface area contributed by atoms with E-state index in [1.165, 1.54) is 0 Å². The molecule has 0 aliphatic carbocycles. The van der Waals surface area contributed by atoms with Crippen LogP contribution in [0.4, 0.5) is 10.5 Å². The van der Waals surface area contributed by atoms with Crippen molar-refractivity contribution in [3.8, 4) is 0 Å². The summed E-state index contributed by atoms with van der Waals surface area (Å²) in [7, 11) is 3.50. The van der Waals surface area contributed by atoms with Gasteiger partial charge in [-0.05, 0) is 42.2 Å². The molecule has 1 saturated heterocycles. The number of pyridine rings is 1. The van der Waals surface area contributed by atoms with Crippen molar-refractivity contribution in [3.63, 3.8) is 0 Å². The van der Waals surface area contributed by atoms with E-state index < -0.39 is 6.10 Å². The van der Waals surface area contributed by atoms with Gasteiger partial charge in [0.2, 0.25) is 5.91 Å². The Labute approximate surface area is 170 Å². The Hall–Kier alpha value is -2.93. The van der Waals surface area contributed by atoms with Gasteiger partial charge in [-0.3, -0.25) is 14.7 Å². The Morgan fingerprint density at radius 1 is 1.24 bits per heavy atom. The highest BCUT2D eigenvalue weighted by atomic mass is 16.5. The standard InChI is InChI=1S/C22H26N4O3/c1-25(2)21(28)26-14-22(17-5-3-4-6-18(17)26)13-19(29-15-22)20(27)24-12-9-16-7-10-23-11-8-16/h3-8,10-11,19H,9,12-15H2,1-2H3,(H,24,27)/t19-,22+/m1/s1. The summed E-state index contributed by atoms with van der Waals surface area (Å²) in [5, 5.41) is 2.98. The quantitative estimate of drug-likeness (QED) is 0.860. The maximum absolute atomic E-state index is 12.7. The lowest BCUT2D eigenvalue weighted by molar-refractivity contribution is -0.129. The van der Waals surface area contributed by atoms with Crippen molar-refractivity contribution < 1.29 is 14.3 Å². The van der Waals surface area contributed by atoms with Crippen LogP contribution in [-0.4, -0.2) is 61.7 Å². The van der Waals surface area contributed by atoms with Gasteiger partial charge in [-0.25, -0.2) is 4.79 Å². The normalized spacial score (nSPS) is 22.6. The second-order valence-electron chi connectivity index (χ2n) is 7.96. The van der Waals surface area contributed by atoms with Crippen molar-refractivity contribution in [3.05, 3.63) is 59.9 Å². The lowest BCUT2D eigenvalue weighted by atomic mass is 9.80. The Bertz CT molecular complexity index is 902. The summed E-state index contributed by atoms with van der Waals surface area (Å²) < 4.78 is 5.93. The first-order valence-corrected chi connectivity index (χ1v) is 9.87. The summed E-state index contributed by atoms with van der Waals surface area (Å²) in [5.74, 6) is -0.0919. The summed E-state index contributed by atoms with van der Waals surface area (Å²) in [4.78, 5) is 32.7. The molecule has 3 amide bonds. The molecule has 0 radical (unpaired) electrons. The lowest BCUT2D eigenvalue weighted by Gasteiger charge is -2.25. The van der Waals surface area contributed by atoms with Crippen molar-refractivity contribution in [2.75, 3.05) is 38.7 Å². The van der Waals surface area contributed by atoms with Crippen molar-refractivity contribution >= 4 is 17.6 Å². The number of carbonyl (C=O) groups excluding carboxylic acids is 2. The molecule has 1 N–H and O–H groups in total. The van der Waals surface area contributed by atoms with Gasteiger partial charge in [0.1, 0.15) is 6.10 Å². The van der Waals surface area contributed by atoms with Crippen molar-refractivity contribution in [1.82, 2.24) is 15.2 Å². The number of ether oxygens (including phenoxy) is 1. The van der Waals surface area contributed by atoms with Crippen LogP contribution in [0.25, 0.3) is 0 Å². The summed E-state index contributed by atoms with van der Waals surface area (Å²) in [6.07, 6.45) is 4.32. The first-order valence-electron chi connectivity index (χ1n) is 9.87. The summed E-state index contributed by atoms with van der Waals surface area (Å²) in [6, 6.07) is 11.8. The van der Waals surface area contributed by atoms with E-state index in [0.29, 0.717) is 26.1 Å². The summed E-state index contributed by atoms with van der Waals surface area (Å²) >= 11 is 0. The number of hydrogen-bond acceptors (Lipinski definition) is 4. The van der Waals surface area contributed by atoms with Gasteiger partial charge >= 0.3 is 6.03 Å². The molecule has 1 aromatic heterocycles. The minimum Gasteiger partial charge on any atom is -0.367 e. The second kappa shape index (κ2) is 7.83. The molecule has 152 valence electrons. The number of hydrogen-bond donors (Lipinski definition) is 1. The highest BCUT2D eigenvalue weighted by molar-refractivity contribution is 5.95. The van der Waals surface area contributed by atoms with E-state index in [9.17, 15) is 9.59 Å². The molecule has 0 unspecified atom stereocenters. The molecule has 2 aromatic rings. The SMILES string of the molecule is CN(C)C(=O)N1C[C@@]2(CO[C@@H](C(=O)NCCc3ccncc3)C2)c2ccccc21. The average molecular weight is 394 g/mol. The number of aromatic nitrogens is 1. The maximum atomic E-state index is 12.7. The molecular weight excluding hydrogens is 368 g/mol. The minimum absolute atomic E-state index is 0.0559. The molecule has 7 nitrogen and oxygen atoms in total. The third-order valence-electron chi connectivity index (χ3n) is 5.73. The predicted molar refractivity (Wildman–Crippen MR) is 110 cm³/mol. The number of benzene rings is 1. The van der Waals surface area contributed by atoms with Gasteiger partial charge in [-0.1, -0.05) is 18.2 Å². The van der Waals surface area contributed by atoms with Crippen LogP contribution in [0.1, 0.15) is 17.5 Å². The van der Waals surface area contributed by atoms with Gasteiger partial charge in [0.15, 0.2) is 0 Å². The van der Waals surface area contributed by atoms with E-state index in [0.717, 1.165) is 23.2 Å². The van der Waals surface area contributed by atoms with Crippen LogP contribution < -0.4 is 10.2 Å². The lowest BCUT2D eigenvalue weighted by Crippen LogP contribution is -2.43. The van der Waals surface area contributed by atoms with E-state index in [2.05, 4.69) is 10.3 Å². The number of anilines is 1. The first kappa shape index (κ1) is 19.4. The van der Waals surface area contributed by atoms with Crippen LogP contribution in [0.5, 0.6) is 0 Å². The number of nitrogens with one attached hydrogen (secondary N) is 1. The molecule has 7 heteroatoms. The Kier molecular flexibility index (Phi) is 5.24. The van der Waals surface area contributed by atoms with E-state index in [1.807, 2.05) is 36.4 Å². The van der Waals surface area contributed by atoms with Gasteiger partial charge in [0.05, 0.1) is 6.61 Å². The van der Waals surface area contributed by atoms with Gasteiger partial charge in [0.25, 0.3) is 0 Å². The largest absolute Gasteiger partial charge is 0.367 e. The van der Waals surface area contributed by atoms with Crippen LogP contribution in [0.2, 0.25) is 0 Å². The van der Waals surface area contributed by atoms with E-state index in [4.69, 9.17) is 4.74 Å². The highest BCUT2D eigenvalue weighted by Gasteiger charge is 2.51. The fourth-order valence-corrected chi connectivity index (χ4v) is 4.24. The minimum atomic E-state index is -0.505. The van der Waals surface area contributed by atoms with Crippen LogP contribution in [0, 0.1) is 0 Å². The average Bonchev–Trinajstić information content (AvgIpc) is 3.31. The van der Waals surface area contributed by atoms with Crippen LogP contribution in [0.3, 0.4) is 0 Å². The van der Waals surface area contributed by atoms with Gasteiger partial charge in [-0.15, -0.1) is 0 Å². The van der Waals surface area contributed by atoms with Gasteiger partial charge in [0, 0.05) is 50.7 Å². The van der Waals surface area contributed by atoms with E-state index >= 15 is 0 Å². The third-order valence-corrected chi connectivity index (χ3v) is 5.73. The highest BCUT2D eigenvalue weighted by Crippen LogP contribution is 2.47. The van der Waals surface area contributed by atoms with Crippen molar-refractivity contribution in [1.29, 1.82) is 0 Å². The monoisotopic (exact) mass is 394 g/mol. The fourth-order valence-electron chi connectivity index (χ4n) is 4.24. The maximum Gasteiger partial charge on any atom is 0.323 e. The molecule has 0 bridgehead atoms. The topological polar surface area (TPSA) is 74.8 Å². The van der Waals surface area contributed by atoms with Crippen LogP contribution >= 0.6 is 0 Å². The molecule has 2 aliphatic heterocycles. The predicted octanol–water partition coefficient (Wildman–Crippen LogP) is 1.97. The second-order valence-corrected chi connectivity index (χ2v) is 7.96. The van der Waals surface area contributed by atoms with Crippen LogP contribution in [0.15, 0.2) is 48.8 Å². The number of fused-ring (bicyclic) bond motifs is 2. The Morgan fingerprint density at radius 3 is 2.76 bits per heavy atom. The van der Waals surface area contributed by atoms with Crippen LogP contribution in [-0.2, 0) is 21.4 Å². The molecule has 1 spiro atoms. The Balaban J connectivity index is 1.43. The number of para-hydroxylation sites is 1. The molecule has 29 heavy (non-hydrogen) atoms. The third kappa shape index (κ3) is 3.70. The van der Waals surface area contributed by atoms with Gasteiger partial charge < -0.3 is 15.0 Å². The van der Waals surface area contributed by atoms with E-state index in [-0.39, 0.29) is 17.4 Å². The number of rotatable bonds is 4. The molecule has 4 rings (SSSR count). The number of nitrogens with zero attached hydrogens (tertiary/aromatic N) is 3. The Morgan fingerprint density at radius 2 is 2.00 bits per heavy atom. The first-order chi connectivity index (χ1) is 14.0.